The molecule has 1 aromatic carbocycles. The summed E-state index contributed by atoms with van der Waals surface area (Å²) in [5.41, 5.74) is -0.728. The number of hydrogen-bond donors (Lipinski definition) is 4. The Morgan fingerprint density at radius 3 is 2.43 bits per heavy atom. The van der Waals surface area contributed by atoms with Crippen molar-refractivity contribution in [2.75, 3.05) is 17.2 Å². The summed E-state index contributed by atoms with van der Waals surface area (Å²) in [7, 11) is 0. The molecule has 2 aromatic rings. The number of hydrogen-bond acceptors (Lipinski definition) is 5. The molecule has 1 aromatic heterocycles. The van der Waals surface area contributed by atoms with Gasteiger partial charge in [0.15, 0.2) is 0 Å². The van der Waals surface area contributed by atoms with Crippen molar-refractivity contribution in [1.82, 2.24) is 9.97 Å². The van der Waals surface area contributed by atoms with Crippen molar-refractivity contribution in [2.24, 2.45) is 0 Å². The summed E-state index contributed by atoms with van der Waals surface area (Å²) >= 11 is 0. The van der Waals surface area contributed by atoms with Crippen LogP contribution in [0.2, 0.25) is 0 Å². The highest BCUT2D eigenvalue weighted by atomic mass is 16.5. The zero-order valence-corrected chi connectivity index (χ0v) is 12.1. The highest BCUT2D eigenvalue weighted by Gasteiger charge is 2.08. The lowest BCUT2D eigenvalue weighted by atomic mass is 10.2. The zero-order valence-electron chi connectivity index (χ0n) is 12.1. The van der Waals surface area contributed by atoms with Crippen LogP contribution in [0, 0.1) is 0 Å². The summed E-state index contributed by atoms with van der Waals surface area (Å²) in [5.74, 6) is -0.455. The quantitative estimate of drug-likeness (QED) is 0.621. The molecule has 0 spiro atoms. The summed E-state index contributed by atoms with van der Waals surface area (Å²) in [5, 5.41) is 4.77. The van der Waals surface area contributed by atoms with Crippen molar-refractivity contribution in [2.45, 2.75) is 6.92 Å². The Bertz CT molecular complexity index is 822. The first-order valence-corrected chi connectivity index (χ1v) is 6.67. The molecule has 0 fully saturated rings. The number of esters is 1. The monoisotopic (exact) mass is 318 g/mol. The van der Waals surface area contributed by atoms with E-state index in [0.29, 0.717) is 11.3 Å². The molecule has 0 aliphatic heterocycles. The van der Waals surface area contributed by atoms with Crippen LogP contribution in [0.25, 0.3) is 0 Å². The first-order chi connectivity index (χ1) is 11.0. The van der Waals surface area contributed by atoms with Crippen molar-refractivity contribution in [3.8, 4) is 0 Å². The molecule has 23 heavy (non-hydrogen) atoms. The summed E-state index contributed by atoms with van der Waals surface area (Å²) < 4.78 is 4.84. The predicted octanol–water partition coefficient (Wildman–Crippen LogP) is 0.884. The van der Waals surface area contributed by atoms with Crippen LogP contribution in [-0.4, -0.2) is 28.6 Å². The van der Waals surface area contributed by atoms with E-state index in [-0.39, 0.29) is 12.3 Å². The second-order valence-corrected chi connectivity index (χ2v) is 4.36. The first kappa shape index (κ1) is 16.0. The number of rotatable bonds is 4. The number of ether oxygens (including phenoxy) is 1. The number of H-pyrrole nitrogens is 2. The molecule has 9 heteroatoms. The van der Waals surface area contributed by atoms with E-state index in [9.17, 15) is 19.2 Å². The lowest BCUT2D eigenvalue weighted by Crippen LogP contribution is -2.28. The van der Waals surface area contributed by atoms with Crippen molar-refractivity contribution < 1.29 is 14.3 Å². The minimum absolute atomic E-state index is 0.106. The fourth-order valence-corrected chi connectivity index (χ4v) is 1.69. The minimum atomic E-state index is -0.721. The van der Waals surface area contributed by atoms with E-state index in [1.54, 1.807) is 6.92 Å². The molecule has 0 saturated heterocycles. The van der Waals surface area contributed by atoms with Crippen LogP contribution < -0.4 is 21.9 Å². The van der Waals surface area contributed by atoms with Gasteiger partial charge in [0.25, 0.3) is 5.56 Å². The molecule has 0 atom stereocenters. The molecular weight excluding hydrogens is 304 g/mol. The molecule has 0 aliphatic carbocycles. The summed E-state index contributed by atoms with van der Waals surface area (Å²) in [4.78, 5) is 49.8. The van der Waals surface area contributed by atoms with E-state index in [1.165, 1.54) is 24.3 Å². The number of aromatic amines is 2. The van der Waals surface area contributed by atoms with Crippen LogP contribution in [0.1, 0.15) is 17.3 Å². The number of amides is 2. The normalized spacial score (nSPS) is 9.96. The van der Waals surface area contributed by atoms with Gasteiger partial charge >= 0.3 is 17.7 Å². The molecule has 0 aliphatic rings. The van der Waals surface area contributed by atoms with E-state index in [2.05, 4.69) is 15.6 Å². The fraction of sp³-hybridized carbons (Fsp3) is 0.143. The molecule has 2 amide bonds. The SMILES string of the molecule is CCOC(=O)c1ccc(NC(=O)Nc2c[nH]c(=O)[nH]c2=O)cc1. The molecule has 4 N–H and O–H groups in total. The van der Waals surface area contributed by atoms with Crippen molar-refractivity contribution in [3.63, 3.8) is 0 Å². The maximum absolute atomic E-state index is 11.8. The molecule has 120 valence electrons. The van der Waals surface area contributed by atoms with Crippen LogP contribution >= 0.6 is 0 Å². The molecule has 9 nitrogen and oxygen atoms in total. The van der Waals surface area contributed by atoms with Gasteiger partial charge in [-0.2, -0.15) is 0 Å². The van der Waals surface area contributed by atoms with Gasteiger partial charge in [0.05, 0.1) is 12.2 Å². The maximum atomic E-state index is 11.8. The number of nitrogens with one attached hydrogen (secondary N) is 4. The molecule has 2 rings (SSSR count). The summed E-state index contributed by atoms with van der Waals surface area (Å²) in [6, 6.07) is 5.36. The fourth-order valence-electron chi connectivity index (χ4n) is 1.69. The molecule has 0 bridgehead atoms. The van der Waals surface area contributed by atoms with Crippen LogP contribution in [-0.2, 0) is 4.74 Å². The Hall–Kier alpha value is -3.36. The smallest absolute Gasteiger partial charge is 0.338 e. The van der Waals surface area contributed by atoms with Crippen molar-refractivity contribution in [3.05, 3.63) is 56.9 Å². The number of aromatic nitrogens is 2. The molecular formula is C14H14N4O5. The van der Waals surface area contributed by atoms with Crippen LogP contribution in [0.5, 0.6) is 0 Å². The average molecular weight is 318 g/mol. The van der Waals surface area contributed by atoms with E-state index in [4.69, 9.17) is 4.74 Å². The molecule has 0 saturated carbocycles. The van der Waals surface area contributed by atoms with Gasteiger partial charge in [-0.1, -0.05) is 0 Å². The van der Waals surface area contributed by atoms with Crippen LogP contribution in [0.15, 0.2) is 40.1 Å². The molecule has 0 unspecified atom stereocenters. The van der Waals surface area contributed by atoms with Crippen LogP contribution in [0.4, 0.5) is 16.2 Å². The van der Waals surface area contributed by atoms with Gasteiger partial charge in [0.2, 0.25) is 0 Å². The number of anilines is 2. The van der Waals surface area contributed by atoms with Crippen molar-refractivity contribution >= 4 is 23.4 Å². The van der Waals surface area contributed by atoms with E-state index >= 15 is 0 Å². The third-order valence-corrected chi connectivity index (χ3v) is 2.72. The topological polar surface area (TPSA) is 133 Å². The van der Waals surface area contributed by atoms with Gasteiger partial charge in [-0.3, -0.25) is 9.78 Å². The third-order valence-electron chi connectivity index (χ3n) is 2.72. The number of benzene rings is 1. The second kappa shape index (κ2) is 7.07. The lowest BCUT2D eigenvalue weighted by molar-refractivity contribution is 0.0526. The minimum Gasteiger partial charge on any atom is -0.462 e. The third kappa shape index (κ3) is 4.30. The second-order valence-electron chi connectivity index (χ2n) is 4.36. The van der Waals surface area contributed by atoms with Crippen LogP contribution in [0.3, 0.4) is 0 Å². The Labute approximate surface area is 129 Å². The Morgan fingerprint density at radius 2 is 1.83 bits per heavy atom. The summed E-state index contributed by atoms with van der Waals surface area (Å²) in [6.45, 7) is 1.98. The Morgan fingerprint density at radius 1 is 1.13 bits per heavy atom. The highest BCUT2D eigenvalue weighted by molar-refractivity contribution is 5.99. The summed E-state index contributed by atoms with van der Waals surface area (Å²) in [6.07, 6.45) is 1.09. The molecule has 1 heterocycles. The van der Waals surface area contributed by atoms with E-state index in [1.807, 2.05) is 4.98 Å². The number of carbonyl (C=O) groups excluding carboxylic acids is 2. The number of carbonyl (C=O) groups is 2. The zero-order chi connectivity index (χ0) is 16.8. The standard InChI is InChI=1S/C14H14N4O5/c1-2-23-12(20)8-3-5-9(6-4-8)16-14(22)17-10-7-15-13(21)18-11(10)19/h3-7H,2H2,1H3,(H2,16,17,22)(H2,15,18,19,21). The van der Waals surface area contributed by atoms with Gasteiger partial charge in [-0.15, -0.1) is 0 Å². The Balaban J connectivity index is 2.01. The number of urea groups is 1. The van der Waals surface area contributed by atoms with Gasteiger partial charge < -0.3 is 20.4 Å². The predicted molar refractivity (Wildman–Crippen MR) is 82.7 cm³/mol. The molecule has 0 radical (unpaired) electrons. The van der Waals surface area contributed by atoms with Gasteiger partial charge in [0, 0.05) is 11.9 Å². The maximum Gasteiger partial charge on any atom is 0.338 e. The Kier molecular flexibility index (Phi) is 4.92. The largest absolute Gasteiger partial charge is 0.462 e. The van der Waals surface area contributed by atoms with E-state index in [0.717, 1.165) is 6.20 Å². The van der Waals surface area contributed by atoms with Crippen molar-refractivity contribution in [1.29, 1.82) is 0 Å². The average Bonchev–Trinajstić information content (AvgIpc) is 2.51. The van der Waals surface area contributed by atoms with Gasteiger partial charge in [-0.25, -0.2) is 14.4 Å². The highest BCUT2D eigenvalue weighted by Crippen LogP contribution is 2.11. The van der Waals surface area contributed by atoms with Gasteiger partial charge in [0.1, 0.15) is 5.69 Å². The van der Waals surface area contributed by atoms with Gasteiger partial charge in [-0.05, 0) is 31.2 Å². The van der Waals surface area contributed by atoms with E-state index < -0.39 is 23.2 Å². The first-order valence-electron chi connectivity index (χ1n) is 6.67. The lowest BCUT2D eigenvalue weighted by Gasteiger charge is -2.07.